The Morgan fingerprint density at radius 1 is 0.767 bits per heavy atom. The molecular weight excluding hydrogens is 408 g/mol. The van der Waals surface area contributed by atoms with E-state index in [4.69, 9.17) is 14.7 Å². The summed E-state index contributed by atoms with van der Waals surface area (Å²) in [6.07, 6.45) is 15.6. The lowest BCUT2D eigenvalue weighted by Crippen LogP contribution is -2.34. The zero-order valence-corrected chi connectivity index (χ0v) is 21.7. The molecule has 30 heavy (non-hydrogen) atoms. The van der Waals surface area contributed by atoms with E-state index in [1.54, 1.807) is 0 Å². The van der Waals surface area contributed by atoms with Crippen molar-refractivity contribution in [2.24, 2.45) is 25.8 Å². The third-order valence-corrected chi connectivity index (χ3v) is 11.0. The number of hydrogen-bond donors (Lipinski definition) is 0. The Kier molecular flexibility index (Phi) is 9.55. The van der Waals surface area contributed by atoms with Crippen LogP contribution in [0.2, 0.25) is 0 Å². The quantitative estimate of drug-likeness (QED) is 0.257. The maximum absolute atomic E-state index is 4.94. The lowest BCUT2D eigenvalue weighted by atomic mass is 9.87. The van der Waals surface area contributed by atoms with Gasteiger partial charge in [-0.1, -0.05) is 25.7 Å². The van der Waals surface area contributed by atoms with Crippen molar-refractivity contribution in [1.29, 1.82) is 0 Å². The summed E-state index contributed by atoms with van der Waals surface area (Å²) in [4.78, 5) is -0.0799. The highest BCUT2D eigenvalue weighted by molar-refractivity contribution is 8.01. The van der Waals surface area contributed by atoms with E-state index in [2.05, 4.69) is 51.5 Å². The van der Waals surface area contributed by atoms with E-state index in [1.807, 2.05) is 0 Å². The van der Waals surface area contributed by atoms with Crippen LogP contribution in [0.4, 0.5) is 0 Å². The second-order valence-electron chi connectivity index (χ2n) is 10.5. The Morgan fingerprint density at radius 3 is 1.83 bits per heavy atom. The average Bonchev–Trinajstić information content (AvgIpc) is 3.41. The first kappa shape index (κ1) is 24.5. The van der Waals surface area contributed by atoms with E-state index < -0.39 is 0 Å². The highest BCUT2D eigenvalue weighted by Crippen LogP contribution is 2.42. The summed E-state index contributed by atoms with van der Waals surface area (Å²) < 4.78 is 4.94. The first-order chi connectivity index (χ1) is 14.3. The minimum absolute atomic E-state index is 0.0686. The fraction of sp³-hybridized carbons (Fsp3) is 1.00. The zero-order valence-electron chi connectivity index (χ0n) is 20.1. The molecule has 0 aromatic heterocycles. The van der Waals surface area contributed by atoms with Gasteiger partial charge in [0.25, 0.3) is 0 Å². The van der Waals surface area contributed by atoms with Gasteiger partial charge in [0, 0.05) is 15.7 Å². The molecule has 3 aliphatic carbocycles. The fourth-order valence-electron chi connectivity index (χ4n) is 5.28. The maximum Gasteiger partial charge on any atom is 0.156 e. The summed E-state index contributed by atoms with van der Waals surface area (Å²) in [7, 11) is 0. The van der Waals surface area contributed by atoms with Crippen LogP contribution in [0.15, 0.2) is 19.9 Å². The summed E-state index contributed by atoms with van der Waals surface area (Å²) in [5.74, 6) is 0.804. The first-order valence-corrected chi connectivity index (χ1v) is 14.8. The number of rotatable bonds is 9. The molecule has 0 aliphatic heterocycles. The standard InChI is InChI=1S/C24H45N4S2/c1-18(2)30(28-26-22-12-8-9-13-22)19(3)20-14-16-23(17-15-20)29-24(4,5)27-25-21-10-6-7-11-21/h18-23H,6-17H2,1-5H3/q+1. The lowest BCUT2D eigenvalue weighted by molar-refractivity contribution is 0.360. The van der Waals surface area contributed by atoms with Crippen molar-refractivity contribution in [2.45, 2.75) is 144 Å². The van der Waals surface area contributed by atoms with Crippen molar-refractivity contribution < 1.29 is 0 Å². The van der Waals surface area contributed by atoms with Crippen molar-refractivity contribution in [3.05, 3.63) is 0 Å². The summed E-state index contributed by atoms with van der Waals surface area (Å²) in [6, 6.07) is 1.01. The number of azo groups is 1. The van der Waals surface area contributed by atoms with Gasteiger partial charge in [0.15, 0.2) is 11.1 Å². The van der Waals surface area contributed by atoms with Crippen LogP contribution in [0.25, 0.3) is 0 Å². The molecule has 0 heterocycles. The molecule has 3 fully saturated rings. The molecule has 3 rings (SSSR count). The van der Waals surface area contributed by atoms with Crippen molar-refractivity contribution >= 4 is 22.8 Å². The predicted octanol–water partition coefficient (Wildman–Crippen LogP) is 8.13. The van der Waals surface area contributed by atoms with Gasteiger partial charge in [-0.15, -0.1) is 16.9 Å². The van der Waals surface area contributed by atoms with E-state index in [0.717, 1.165) is 11.2 Å². The molecule has 0 saturated heterocycles. The predicted molar refractivity (Wildman–Crippen MR) is 134 cm³/mol. The van der Waals surface area contributed by atoms with Gasteiger partial charge in [0.1, 0.15) is 15.4 Å². The van der Waals surface area contributed by atoms with Crippen molar-refractivity contribution in [2.75, 3.05) is 0 Å². The average molecular weight is 454 g/mol. The Labute approximate surface area is 192 Å². The van der Waals surface area contributed by atoms with Crippen LogP contribution in [0.5, 0.6) is 0 Å². The molecular formula is C24H45N4S2+. The van der Waals surface area contributed by atoms with Crippen LogP contribution < -0.4 is 0 Å². The maximum atomic E-state index is 4.94. The molecule has 0 bridgehead atoms. The highest BCUT2D eigenvalue weighted by atomic mass is 32.2. The highest BCUT2D eigenvalue weighted by Gasteiger charge is 2.40. The molecule has 0 aromatic carbocycles. The van der Waals surface area contributed by atoms with Crippen LogP contribution in [0, 0.1) is 5.92 Å². The van der Waals surface area contributed by atoms with Gasteiger partial charge < -0.3 is 0 Å². The molecule has 0 N–H and O–H groups in total. The molecule has 6 heteroatoms. The Hall–Kier alpha value is -0.100. The Morgan fingerprint density at radius 2 is 1.30 bits per heavy atom. The topological polar surface area (TPSA) is 49.4 Å². The molecule has 3 saturated carbocycles. The normalized spacial score (nSPS) is 29.5. The van der Waals surface area contributed by atoms with Crippen molar-refractivity contribution in [3.8, 4) is 0 Å². The van der Waals surface area contributed by atoms with Gasteiger partial charge >= 0.3 is 0 Å². The van der Waals surface area contributed by atoms with E-state index in [1.165, 1.54) is 77.0 Å². The van der Waals surface area contributed by atoms with Gasteiger partial charge in [-0.25, -0.2) is 0 Å². The number of hydrogen-bond acceptors (Lipinski definition) is 5. The minimum atomic E-state index is -0.0799. The Balaban J connectivity index is 1.46. The van der Waals surface area contributed by atoms with Crippen molar-refractivity contribution in [1.82, 2.24) is 0 Å². The molecule has 0 aromatic rings. The first-order valence-electron chi connectivity index (χ1n) is 12.6. The Bertz CT molecular complexity index is 558. The lowest BCUT2D eigenvalue weighted by Gasteiger charge is -2.33. The second-order valence-corrected chi connectivity index (χ2v) is 14.9. The molecule has 3 aliphatic rings. The third-order valence-electron chi connectivity index (χ3n) is 7.12. The molecule has 4 nitrogen and oxygen atoms in total. The second kappa shape index (κ2) is 11.7. The van der Waals surface area contributed by atoms with Gasteiger partial charge in [0.2, 0.25) is 0 Å². The van der Waals surface area contributed by atoms with Crippen LogP contribution in [-0.4, -0.2) is 32.7 Å². The molecule has 2 atom stereocenters. The van der Waals surface area contributed by atoms with Gasteiger partial charge in [-0.05, 0) is 86.0 Å². The largest absolute Gasteiger partial charge is 0.189 e. The van der Waals surface area contributed by atoms with E-state index in [0.29, 0.717) is 22.6 Å². The van der Waals surface area contributed by atoms with E-state index in [9.17, 15) is 0 Å². The number of nitrogens with zero attached hydrogens (tertiary/aromatic N) is 4. The summed E-state index contributed by atoms with van der Waals surface area (Å²) in [5.41, 5.74) is 0. The molecule has 172 valence electrons. The van der Waals surface area contributed by atoms with Crippen LogP contribution in [-0.2, 0) is 11.1 Å². The fourth-order valence-corrected chi connectivity index (χ4v) is 8.81. The number of thioether (sulfide) groups is 1. The van der Waals surface area contributed by atoms with E-state index >= 15 is 0 Å². The summed E-state index contributed by atoms with van der Waals surface area (Å²) >= 11 is 2.13. The third kappa shape index (κ3) is 7.50. The van der Waals surface area contributed by atoms with Crippen molar-refractivity contribution in [3.63, 3.8) is 0 Å². The monoisotopic (exact) mass is 453 g/mol. The summed E-state index contributed by atoms with van der Waals surface area (Å²) in [6.45, 7) is 11.6. The molecule has 0 amide bonds. The van der Waals surface area contributed by atoms with Crippen LogP contribution in [0.1, 0.15) is 112 Å². The smallest absolute Gasteiger partial charge is 0.156 e. The van der Waals surface area contributed by atoms with Gasteiger partial charge in [-0.3, -0.25) is 0 Å². The van der Waals surface area contributed by atoms with Crippen LogP contribution >= 0.6 is 11.8 Å². The van der Waals surface area contributed by atoms with Gasteiger partial charge in [0.05, 0.1) is 12.1 Å². The SMILES string of the molecule is CC(C)[S+](N=NC1CCCC1)C(C)C1CCC(SC(C)(C)N=NC2CCCC2)CC1. The zero-order chi connectivity index (χ0) is 21.6. The molecule has 0 radical (unpaired) electrons. The van der Waals surface area contributed by atoms with Crippen LogP contribution in [0.3, 0.4) is 0 Å². The summed E-state index contributed by atoms with van der Waals surface area (Å²) in [5, 5.41) is 16.2. The molecule has 2 unspecified atom stereocenters. The van der Waals surface area contributed by atoms with Gasteiger partial charge in [-0.2, -0.15) is 10.2 Å². The van der Waals surface area contributed by atoms with E-state index in [-0.39, 0.29) is 16.0 Å². The molecule has 0 spiro atoms. The minimum Gasteiger partial charge on any atom is -0.189 e.